The van der Waals surface area contributed by atoms with Gasteiger partial charge < -0.3 is 24.8 Å². The molecule has 1 aromatic carbocycles. The molecule has 0 unspecified atom stereocenters. The van der Waals surface area contributed by atoms with Gasteiger partial charge in [0.05, 0.1) is 6.54 Å². The van der Waals surface area contributed by atoms with Crippen molar-refractivity contribution in [2.75, 3.05) is 33.6 Å². The number of nitrogens with two attached hydrogens (primary N) is 1. The summed E-state index contributed by atoms with van der Waals surface area (Å²) in [6.45, 7) is 2.48. The van der Waals surface area contributed by atoms with Crippen molar-refractivity contribution >= 4 is 5.96 Å². The molecule has 2 aliphatic heterocycles. The second kappa shape index (κ2) is 6.16. The maximum atomic E-state index is 6.20. The molecule has 6 nitrogen and oxygen atoms in total. The Kier molecular flexibility index (Phi) is 4.00. The standard InChI is InChI=1S/C18H25N3O3/c1-21(14-3-4-14)17(19)20-11-18(6-8-22-9-7-18)13-2-5-15-16(10-13)24-12-23-15/h2,5,10,14H,3-4,6-9,11-12H2,1H3,(H2,19,20). The lowest BCUT2D eigenvalue weighted by Crippen LogP contribution is -2.40. The Morgan fingerprint density at radius 2 is 2.00 bits per heavy atom. The van der Waals surface area contributed by atoms with E-state index in [2.05, 4.69) is 17.0 Å². The molecule has 1 aliphatic carbocycles. The fraction of sp³-hybridized carbons (Fsp3) is 0.611. The van der Waals surface area contributed by atoms with Crippen LogP contribution < -0.4 is 15.2 Å². The molecule has 0 bridgehead atoms. The van der Waals surface area contributed by atoms with Gasteiger partial charge in [0.2, 0.25) is 6.79 Å². The molecule has 1 saturated carbocycles. The van der Waals surface area contributed by atoms with E-state index in [4.69, 9.17) is 24.9 Å². The minimum atomic E-state index is -0.0474. The van der Waals surface area contributed by atoms with Crippen LogP contribution in [0.5, 0.6) is 11.5 Å². The van der Waals surface area contributed by atoms with Gasteiger partial charge in [0, 0.05) is 31.7 Å². The Labute approximate surface area is 142 Å². The van der Waals surface area contributed by atoms with E-state index in [-0.39, 0.29) is 5.41 Å². The van der Waals surface area contributed by atoms with Crippen molar-refractivity contribution < 1.29 is 14.2 Å². The molecular weight excluding hydrogens is 306 g/mol. The minimum absolute atomic E-state index is 0.0474. The number of rotatable bonds is 4. The van der Waals surface area contributed by atoms with E-state index < -0.39 is 0 Å². The highest BCUT2D eigenvalue weighted by Crippen LogP contribution is 2.41. The summed E-state index contributed by atoms with van der Waals surface area (Å²) < 4.78 is 16.6. The van der Waals surface area contributed by atoms with Gasteiger partial charge in [-0.1, -0.05) is 6.07 Å². The number of guanidine groups is 1. The molecule has 3 aliphatic rings. The van der Waals surface area contributed by atoms with Gasteiger partial charge in [0.15, 0.2) is 17.5 Å². The summed E-state index contributed by atoms with van der Waals surface area (Å²) in [5.74, 6) is 2.28. The smallest absolute Gasteiger partial charge is 0.231 e. The molecule has 1 saturated heterocycles. The number of aliphatic imine (C=N–C) groups is 1. The largest absolute Gasteiger partial charge is 0.454 e. The predicted molar refractivity (Wildman–Crippen MR) is 91.6 cm³/mol. The topological polar surface area (TPSA) is 69.3 Å². The maximum Gasteiger partial charge on any atom is 0.231 e. The quantitative estimate of drug-likeness (QED) is 0.674. The Balaban J connectivity index is 1.59. The van der Waals surface area contributed by atoms with Crippen LogP contribution in [0.1, 0.15) is 31.2 Å². The van der Waals surface area contributed by atoms with Crippen LogP contribution in [0.2, 0.25) is 0 Å². The predicted octanol–water partition coefficient (Wildman–Crippen LogP) is 1.87. The third kappa shape index (κ3) is 2.90. The van der Waals surface area contributed by atoms with Gasteiger partial charge in [0.25, 0.3) is 0 Å². The number of nitrogens with zero attached hydrogens (tertiary/aromatic N) is 2. The fourth-order valence-corrected chi connectivity index (χ4v) is 3.52. The van der Waals surface area contributed by atoms with E-state index in [9.17, 15) is 0 Å². The van der Waals surface area contributed by atoms with Crippen molar-refractivity contribution in [3.8, 4) is 11.5 Å². The van der Waals surface area contributed by atoms with Crippen molar-refractivity contribution in [1.82, 2.24) is 4.90 Å². The van der Waals surface area contributed by atoms with Crippen molar-refractivity contribution in [2.24, 2.45) is 10.7 Å². The van der Waals surface area contributed by atoms with Crippen molar-refractivity contribution in [2.45, 2.75) is 37.1 Å². The Morgan fingerprint density at radius 1 is 1.25 bits per heavy atom. The molecule has 0 radical (unpaired) electrons. The number of hydrogen-bond donors (Lipinski definition) is 1. The van der Waals surface area contributed by atoms with Crippen LogP contribution in [0.3, 0.4) is 0 Å². The first kappa shape index (κ1) is 15.6. The third-order valence-electron chi connectivity index (χ3n) is 5.43. The second-order valence-corrected chi connectivity index (χ2v) is 6.98. The van der Waals surface area contributed by atoms with Gasteiger partial charge in [-0.2, -0.15) is 0 Å². The summed E-state index contributed by atoms with van der Waals surface area (Å²) in [5.41, 5.74) is 7.39. The molecular formula is C18H25N3O3. The third-order valence-corrected chi connectivity index (χ3v) is 5.43. The van der Waals surface area contributed by atoms with Crippen LogP contribution in [0, 0.1) is 0 Å². The second-order valence-electron chi connectivity index (χ2n) is 6.98. The minimum Gasteiger partial charge on any atom is -0.454 e. The lowest BCUT2D eigenvalue weighted by Gasteiger charge is -2.37. The molecule has 0 atom stereocenters. The van der Waals surface area contributed by atoms with Crippen LogP contribution in [-0.4, -0.2) is 50.5 Å². The molecule has 0 aromatic heterocycles. The fourth-order valence-electron chi connectivity index (χ4n) is 3.52. The zero-order valence-electron chi connectivity index (χ0n) is 14.2. The lowest BCUT2D eigenvalue weighted by atomic mass is 9.74. The molecule has 0 spiro atoms. The van der Waals surface area contributed by atoms with E-state index in [1.807, 2.05) is 13.1 Å². The van der Waals surface area contributed by atoms with E-state index in [1.54, 1.807) is 0 Å². The van der Waals surface area contributed by atoms with Crippen molar-refractivity contribution in [3.05, 3.63) is 23.8 Å². The molecule has 2 heterocycles. The van der Waals surface area contributed by atoms with Crippen molar-refractivity contribution in [3.63, 3.8) is 0 Å². The van der Waals surface area contributed by atoms with Gasteiger partial charge >= 0.3 is 0 Å². The number of hydrogen-bond acceptors (Lipinski definition) is 4. The molecule has 6 heteroatoms. The molecule has 0 amide bonds. The molecule has 24 heavy (non-hydrogen) atoms. The average Bonchev–Trinajstić information content (AvgIpc) is 3.36. The summed E-state index contributed by atoms with van der Waals surface area (Å²) in [4.78, 5) is 6.85. The molecule has 2 N–H and O–H groups in total. The van der Waals surface area contributed by atoms with Crippen LogP contribution in [-0.2, 0) is 10.2 Å². The van der Waals surface area contributed by atoms with Gasteiger partial charge in [0.1, 0.15) is 0 Å². The van der Waals surface area contributed by atoms with Gasteiger partial charge in [-0.05, 0) is 43.4 Å². The monoisotopic (exact) mass is 331 g/mol. The Morgan fingerprint density at radius 3 is 2.75 bits per heavy atom. The first-order valence-electron chi connectivity index (χ1n) is 8.69. The van der Waals surface area contributed by atoms with Gasteiger partial charge in [-0.3, -0.25) is 4.99 Å². The molecule has 130 valence electrons. The highest BCUT2D eigenvalue weighted by Gasteiger charge is 2.36. The van der Waals surface area contributed by atoms with Crippen LogP contribution >= 0.6 is 0 Å². The van der Waals surface area contributed by atoms with Gasteiger partial charge in [-0.25, -0.2) is 0 Å². The van der Waals surface area contributed by atoms with Crippen molar-refractivity contribution in [1.29, 1.82) is 0 Å². The SMILES string of the molecule is CN(C(N)=NCC1(c2ccc3c(c2)OCO3)CCOCC1)C1CC1. The summed E-state index contributed by atoms with van der Waals surface area (Å²) in [6, 6.07) is 6.81. The van der Waals surface area contributed by atoms with E-state index in [0.29, 0.717) is 25.3 Å². The lowest BCUT2D eigenvalue weighted by molar-refractivity contribution is 0.0530. The first-order chi connectivity index (χ1) is 11.7. The molecule has 1 aromatic rings. The highest BCUT2D eigenvalue weighted by molar-refractivity contribution is 5.78. The van der Waals surface area contributed by atoms with E-state index in [0.717, 1.165) is 37.6 Å². The average molecular weight is 331 g/mol. The molecule has 2 fully saturated rings. The first-order valence-corrected chi connectivity index (χ1v) is 8.69. The van der Waals surface area contributed by atoms with Crippen LogP contribution in [0.15, 0.2) is 23.2 Å². The Bertz CT molecular complexity index is 636. The number of benzene rings is 1. The number of fused-ring (bicyclic) bond motifs is 1. The maximum absolute atomic E-state index is 6.20. The van der Waals surface area contributed by atoms with E-state index in [1.165, 1.54) is 18.4 Å². The van der Waals surface area contributed by atoms with E-state index >= 15 is 0 Å². The summed E-state index contributed by atoms with van der Waals surface area (Å²) in [6.07, 6.45) is 4.31. The summed E-state index contributed by atoms with van der Waals surface area (Å²) in [5, 5.41) is 0. The normalized spacial score (nSPS) is 22.5. The Hall–Kier alpha value is -1.95. The molecule has 4 rings (SSSR count). The zero-order valence-corrected chi connectivity index (χ0v) is 14.2. The van der Waals surface area contributed by atoms with Crippen LogP contribution in [0.25, 0.3) is 0 Å². The number of ether oxygens (including phenoxy) is 3. The summed E-state index contributed by atoms with van der Waals surface area (Å²) >= 11 is 0. The van der Waals surface area contributed by atoms with Crippen LogP contribution in [0.4, 0.5) is 0 Å². The van der Waals surface area contributed by atoms with Gasteiger partial charge in [-0.15, -0.1) is 0 Å². The zero-order chi connectivity index (χ0) is 16.6. The summed E-state index contributed by atoms with van der Waals surface area (Å²) in [7, 11) is 2.04. The highest BCUT2D eigenvalue weighted by atomic mass is 16.7.